The minimum absolute atomic E-state index is 0.229. The van der Waals surface area contributed by atoms with E-state index in [1.165, 1.54) is 12.3 Å². The standard InChI is InChI=1S/C25H26F4N6O/c1-23(2,16-5-3-4-6-18(16)26)32-22(36)34-9-7-24(14-34)8-10-35-20(24)12-19(33-35)15-11-17(25(27,28)29)21(30)31-13-15/h3-6,11-13H,7-10,14H2,1-2H3,(H2,30,31)(H,32,36). The normalized spacial score (nSPS) is 19.7. The highest BCUT2D eigenvalue weighted by Crippen LogP contribution is 2.44. The number of benzene rings is 1. The molecule has 36 heavy (non-hydrogen) atoms. The first kappa shape index (κ1) is 24.1. The summed E-state index contributed by atoms with van der Waals surface area (Å²) in [5.74, 6) is -0.969. The van der Waals surface area contributed by atoms with Crippen LogP contribution in [0.4, 0.5) is 28.2 Å². The number of aryl methyl sites for hydroxylation is 1. The topological polar surface area (TPSA) is 89.1 Å². The average molecular weight is 503 g/mol. The lowest BCUT2D eigenvalue weighted by molar-refractivity contribution is -0.137. The van der Waals surface area contributed by atoms with E-state index in [-0.39, 0.29) is 17.0 Å². The number of nitrogens with two attached hydrogens (primary N) is 1. The van der Waals surface area contributed by atoms with Crippen LogP contribution in [0.2, 0.25) is 0 Å². The van der Waals surface area contributed by atoms with Gasteiger partial charge < -0.3 is 16.0 Å². The Labute approximate surface area is 205 Å². The number of hydrogen-bond donors (Lipinski definition) is 2. The number of alkyl halides is 3. The van der Waals surface area contributed by atoms with E-state index < -0.39 is 28.9 Å². The van der Waals surface area contributed by atoms with Gasteiger partial charge in [-0.2, -0.15) is 18.3 Å². The molecule has 0 radical (unpaired) electrons. The first-order valence-corrected chi connectivity index (χ1v) is 11.6. The number of amides is 2. The van der Waals surface area contributed by atoms with Crippen molar-refractivity contribution < 1.29 is 22.4 Å². The third-order valence-corrected chi connectivity index (χ3v) is 7.25. The number of hydrogen-bond acceptors (Lipinski definition) is 4. The van der Waals surface area contributed by atoms with E-state index in [9.17, 15) is 22.4 Å². The van der Waals surface area contributed by atoms with E-state index >= 15 is 0 Å². The summed E-state index contributed by atoms with van der Waals surface area (Å²) in [5, 5.41) is 7.46. The van der Waals surface area contributed by atoms with E-state index in [1.54, 1.807) is 47.7 Å². The van der Waals surface area contributed by atoms with Crippen molar-refractivity contribution in [2.45, 2.75) is 50.4 Å². The minimum atomic E-state index is -4.62. The summed E-state index contributed by atoms with van der Waals surface area (Å²) in [6.45, 7) is 5.04. The molecule has 7 nitrogen and oxygen atoms in total. The fraction of sp³-hybridized carbons (Fsp3) is 0.400. The van der Waals surface area contributed by atoms with E-state index in [0.29, 0.717) is 37.3 Å². The molecule has 1 saturated heterocycles. The third kappa shape index (κ3) is 4.06. The maximum atomic E-state index is 14.3. The fourth-order valence-electron chi connectivity index (χ4n) is 5.29. The molecule has 0 saturated carbocycles. The van der Waals surface area contributed by atoms with Crippen LogP contribution < -0.4 is 11.1 Å². The van der Waals surface area contributed by atoms with Gasteiger partial charge in [0, 0.05) is 48.1 Å². The molecule has 1 aromatic carbocycles. The molecular weight excluding hydrogens is 476 g/mol. The molecule has 1 spiro atoms. The van der Waals surface area contributed by atoms with Gasteiger partial charge >= 0.3 is 12.2 Å². The first-order valence-electron chi connectivity index (χ1n) is 11.6. The molecule has 5 rings (SSSR count). The maximum absolute atomic E-state index is 14.3. The molecule has 1 unspecified atom stereocenters. The van der Waals surface area contributed by atoms with Gasteiger partial charge in [0.1, 0.15) is 11.6 Å². The van der Waals surface area contributed by atoms with Crippen molar-refractivity contribution in [1.29, 1.82) is 0 Å². The van der Waals surface area contributed by atoms with Crippen molar-refractivity contribution in [3.05, 3.63) is 65.2 Å². The molecule has 3 aromatic rings. The Morgan fingerprint density at radius 2 is 1.83 bits per heavy atom. The second-order valence-corrected chi connectivity index (χ2v) is 10.0. The number of nitrogens with one attached hydrogen (secondary N) is 1. The van der Waals surface area contributed by atoms with Crippen molar-refractivity contribution in [3.8, 4) is 11.3 Å². The molecule has 2 aliphatic rings. The molecular formula is C25H26F4N6O. The van der Waals surface area contributed by atoms with Gasteiger partial charge in [-0.05, 0) is 44.9 Å². The average Bonchev–Trinajstić information content (AvgIpc) is 3.50. The molecule has 1 fully saturated rings. The zero-order chi connectivity index (χ0) is 25.9. The lowest BCUT2D eigenvalue weighted by Gasteiger charge is -2.31. The number of fused-ring (bicyclic) bond motifs is 2. The zero-order valence-electron chi connectivity index (χ0n) is 19.9. The Bertz CT molecular complexity index is 1330. The summed E-state index contributed by atoms with van der Waals surface area (Å²) in [6, 6.07) is 8.78. The molecule has 4 heterocycles. The van der Waals surface area contributed by atoms with Crippen LogP contribution >= 0.6 is 0 Å². The van der Waals surface area contributed by atoms with Crippen LogP contribution in [0.1, 0.15) is 43.5 Å². The Morgan fingerprint density at radius 1 is 1.11 bits per heavy atom. The third-order valence-electron chi connectivity index (χ3n) is 7.25. The van der Waals surface area contributed by atoms with Crippen LogP contribution in [0.5, 0.6) is 0 Å². The molecule has 1 atom stereocenters. The minimum Gasteiger partial charge on any atom is -0.383 e. The molecule has 2 amide bonds. The van der Waals surface area contributed by atoms with Crippen LogP contribution in [0.15, 0.2) is 42.6 Å². The quantitative estimate of drug-likeness (QED) is 0.509. The summed E-state index contributed by atoms with van der Waals surface area (Å²) in [6.07, 6.45) is -1.87. The summed E-state index contributed by atoms with van der Waals surface area (Å²) in [7, 11) is 0. The Hall–Kier alpha value is -3.63. The summed E-state index contributed by atoms with van der Waals surface area (Å²) in [4.78, 5) is 18.6. The van der Waals surface area contributed by atoms with Crippen molar-refractivity contribution in [2.24, 2.45) is 0 Å². The van der Waals surface area contributed by atoms with E-state index in [4.69, 9.17) is 5.73 Å². The second-order valence-electron chi connectivity index (χ2n) is 10.0. The first-order chi connectivity index (χ1) is 16.9. The number of likely N-dealkylation sites (tertiary alicyclic amines) is 1. The lowest BCUT2D eigenvalue weighted by Crippen LogP contribution is -2.48. The van der Waals surface area contributed by atoms with E-state index in [0.717, 1.165) is 18.2 Å². The maximum Gasteiger partial charge on any atom is 0.419 e. The number of rotatable bonds is 3. The second kappa shape index (κ2) is 8.21. The molecule has 2 aliphatic heterocycles. The number of nitrogen functional groups attached to an aromatic ring is 1. The van der Waals surface area contributed by atoms with Gasteiger partial charge in [-0.25, -0.2) is 14.2 Å². The van der Waals surface area contributed by atoms with Gasteiger partial charge in [-0.15, -0.1) is 0 Å². The zero-order valence-corrected chi connectivity index (χ0v) is 19.9. The van der Waals surface area contributed by atoms with Crippen molar-refractivity contribution in [2.75, 3.05) is 18.8 Å². The van der Waals surface area contributed by atoms with Crippen LogP contribution in [-0.4, -0.2) is 38.8 Å². The highest BCUT2D eigenvalue weighted by molar-refractivity contribution is 5.76. The van der Waals surface area contributed by atoms with Gasteiger partial charge in [0.2, 0.25) is 0 Å². The smallest absolute Gasteiger partial charge is 0.383 e. The fourth-order valence-corrected chi connectivity index (χ4v) is 5.29. The van der Waals surface area contributed by atoms with Crippen molar-refractivity contribution in [1.82, 2.24) is 25.0 Å². The van der Waals surface area contributed by atoms with Crippen molar-refractivity contribution >= 4 is 11.8 Å². The molecule has 2 aromatic heterocycles. The van der Waals surface area contributed by atoms with Crippen molar-refractivity contribution in [3.63, 3.8) is 0 Å². The van der Waals surface area contributed by atoms with Gasteiger partial charge in [0.15, 0.2) is 0 Å². The number of carbonyl (C=O) groups is 1. The van der Waals surface area contributed by atoms with Gasteiger partial charge in [0.05, 0.1) is 16.8 Å². The SMILES string of the molecule is CC(C)(NC(=O)N1CCC2(CCn3nc(-c4cnc(N)c(C(F)(F)F)c4)cc32)C1)c1ccccc1F. The van der Waals surface area contributed by atoms with Gasteiger partial charge in [-0.3, -0.25) is 4.68 Å². The summed E-state index contributed by atoms with van der Waals surface area (Å²) < 4.78 is 56.0. The molecule has 0 bridgehead atoms. The van der Waals surface area contributed by atoms with Crippen LogP contribution in [0.25, 0.3) is 11.3 Å². The molecule has 190 valence electrons. The number of urea groups is 1. The number of carbonyl (C=O) groups excluding carboxylic acids is 1. The number of nitrogens with zero attached hydrogens (tertiary/aromatic N) is 4. The van der Waals surface area contributed by atoms with E-state index in [2.05, 4.69) is 15.4 Å². The molecule has 0 aliphatic carbocycles. The lowest BCUT2D eigenvalue weighted by atomic mass is 9.82. The van der Waals surface area contributed by atoms with Crippen LogP contribution in [0, 0.1) is 5.82 Å². The van der Waals surface area contributed by atoms with Crippen LogP contribution in [-0.2, 0) is 23.7 Å². The highest BCUT2D eigenvalue weighted by atomic mass is 19.4. The largest absolute Gasteiger partial charge is 0.419 e. The molecule has 3 N–H and O–H groups in total. The highest BCUT2D eigenvalue weighted by Gasteiger charge is 2.47. The number of aromatic nitrogens is 3. The summed E-state index contributed by atoms with van der Waals surface area (Å²) in [5.41, 5.74) is 5.06. The number of anilines is 1. The van der Waals surface area contributed by atoms with E-state index in [1.807, 2.05) is 0 Å². The number of halogens is 4. The predicted molar refractivity (Wildman–Crippen MR) is 125 cm³/mol. The summed E-state index contributed by atoms with van der Waals surface area (Å²) >= 11 is 0. The molecule has 11 heteroatoms. The van der Waals surface area contributed by atoms with Gasteiger partial charge in [0.25, 0.3) is 0 Å². The van der Waals surface area contributed by atoms with Gasteiger partial charge in [-0.1, -0.05) is 18.2 Å². The Kier molecular flexibility index (Phi) is 5.49. The van der Waals surface area contributed by atoms with Crippen LogP contribution in [0.3, 0.4) is 0 Å². The monoisotopic (exact) mass is 502 g/mol. The number of pyridine rings is 1. The Balaban J connectivity index is 1.36. The Morgan fingerprint density at radius 3 is 2.56 bits per heavy atom. The predicted octanol–water partition coefficient (Wildman–Crippen LogP) is 4.68.